The largest absolute Gasteiger partial charge is 0.496 e. The van der Waals surface area contributed by atoms with Gasteiger partial charge in [0.1, 0.15) is 23.3 Å². The normalized spacial score (nSPS) is 17.6. The van der Waals surface area contributed by atoms with E-state index in [1.54, 1.807) is 37.5 Å². The van der Waals surface area contributed by atoms with E-state index in [0.717, 1.165) is 11.3 Å². The van der Waals surface area contributed by atoms with Crippen molar-refractivity contribution in [3.8, 4) is 11.5 Å². The van der Waals surface area contributed by atoms with E-state index in [0.29, 0.717) is 11.5 Å². The number of nitrogens with zero attached hydrogens (tertiary/aromatic N) is 1. The summed E-state index contributed by atoms with van der Waals surface area (Å²) in [4.78, 5) is 25.5. The highest BCUT2D eigenvalue weighted by Crippen LogP contribution is 2.25. The fraction of sp³-hybridized carbons (Fsp3) is 0.333. The minimum Gasteiger partial charge on any atom is -0.496 e. The Morgan fingerprint density at radius 1 is 1.37 bits per heavy atom. The molecule has 0 aliphatic carbocycles. The average Bonchev–Trinajstić information content (AvgIpc) is 2.91. The summed E-state index contributed by atoms with van der Waals surface area (Å²) in [5, 5.41) is 2.70. The number of carbonyl (C=O) groups excluding carboxylic acids is 2. The van der Waals surface area contributed by atoms with Crippen LogP contribution in [0.1, 0.15) is 19.4 Å². The highest BCUT2D eigenvalue weighted by atomic mass is 16.5. The van der Waals surface area contributed by atoms with Gasteiger partial charge in [-0.15, -0.1) is 0 Å². The van der Waals surface area contributed by atoms with Gasteiger partial charge in [-0.25, -0.2) is 4.79 Å². The summed E-state index contributed by atoms with van der Waals surface area (Å²) in [6, 6.07) is 4.70. The molecule has 1 aromatic rings. The Balaban J connectivity index is 2.06. The summed E-state index contributed by atoms with van der Waals surface area (Å²) in [7, 11) is 1.61. The molecule has 1 N–H and O–H groups in total. The zero-order valence-electron chi connectivity index (χ0n) is 16.2. The number of hydrogen-bond acceptors (Lipinski definition) is 4. The lowest BCUT2D eigenvalue weighted by Gasteiger charge is -2.13. The molecule has 1 heterocycles. The Hall–Kier alpha value is -3.02. The fourth-order valence-corrected chi connectivity index (χ4v) is 2.68. The molecule has 2 rings (SSSR count). The first-order valence-electron chi connectivity index (χ1n) is 8.81. The Kier molecular flexibility index (Phi) is 6.82. The quantitative estimate of drug-likeness (QED) is 0.431. The Bertz CT molecular complexity index is 780. The summed E-state index contributed by atoms with van der Waals surface area (Å²) in [5.74, 6) is 1.71. The van der Waals surface area contributed by atoms with Gasteiger partial charge in [0.15, 0.2) is 0 Å². The van der Waals surface area contributed by atoms with Crippen LogP contribution in [0.3, 0.4) is 0 Å². The maximum absolute atomic E-state index is 12.3. The Labute approximate surface area is 160 Å². The van der Waals surface area contributed by atoms with Crippen molar-refractivity contribution in [2.45, 2.75) is 26.8 Å². The maximum Gasteiger partial charge on any atom is 0.325 e. The number of hydrogen-bond donors (Lipinski definition) is 1. The zero-order chi connectivity index (χ0) is 20.0. The fourth-order valence-electron chi connectivity index (χ4n) is 2.68. The van der Waals surface area contributed by atoms with Gasteiger partial charge in [0.2, 0.25) is 0 Å². The molecule has 6 nitrogen and oxygen atoms in total. The van der Waals surface area contributed by atoms with Gasteiger partial charge in [-0.3, -0.25) is 9.69 Å². The molecule has 1 atom stereocenters. The number of rotatable bonds is 8. The number of carbonyl (C=O) groups is 2. The van der Waals surface area contributed by atoms with Crippen molar-refractivity contribution in [2.24, 2.45) is 5.92 Å². The lowest BCUT2D eigenvalue weighted by molar-refractivity contribution is -0.127. The van der Waals surface area contributed by atoms with Gasteiger partial charge in [-0.1, -0.05) is 38.6 Å². The SMILES string of the molecule is C=C/C=C(\C=C/CN1C(=O)N[C@H](C(C)C)C1=O)Oc1ccc(C)c(OC)c1. The molecule has 6 heteroatoms. The standard InChI is InChI=1S/C21H26N2O4/c1-6-8-16(27-17-11-10-15(4)18(13-17)26-5)9-7-12-23-20(24)19(14(2)3)22-21(23)25/h6-11,13-14,19H,1,12H2,2-5H3,(H,22,25)/b9-7-,16-8+/t19-/m1/s1. The van der Waals surface area contributed by atoms with Crippen LogP contribution >= 0.6 is 0 Å². The van der Waals surface area contributed by atoms with E-state index >= 15 is 0 Å². The first kappa shape index (κ1) is 20.3. The number of imide groups is 1. The molecule has 0 unspecified atom stereocenters. The second kappa shape index (κ2) is 9.07. The lowest BCUT2D eigenvalue weighted by atomic mass is 10.1. The van der Waals surface area contributed by atoms with E-state index in [1.165, 1.54) is 4.90 Å². The van der Waals surface area contributed by atoms with Crippen LogP contribution in [0.2, 0.25) is 0 Å². The molecular formula is C21H26N2O4. The second-order valence-electron chi connectivity index (χ2n) is 6.56. The molecule has 0 saturated carbocycles. The number of amides is 3. The van der Waals surface area contributed by atoms with Gasteiger partial charge < -0.3 is 14.8 Å². The number of aryl methyl sites for hydroxylation is 1. The molecule has 1 fully saturated rings. The molecular weight excluding hydrogens is 344 g/mol. The molecule has 27 heavy (non-hydrogen) atoms. The highest BCUT2D eigenvalue weighted by molar-refractivity contribution is 6.04. The van der Waals surface area contributed by atoms with Crippen LogP contribution in [0, 0.1) is 12.8 Å². The molecule has 3 amide bonds. The number of benzene rings is 1. The van der Waals surface area contributed by atoms with Crippen LogP contribution in [0.5, 0.6) is 11.5 Å². The summed E-state index contributed by atoms with van der Waals surface area (Å²) in [5.41, 5.74) is 1.01. The molecule has 1 aliphatic heterocycles. The van der Waals surface area contributed by atoms with Crippen LogP contribution in [0.15, 0.2) is 54.8 Å². The van der Waals surface area contributed by atoms with Crippen molar-refractivity contribution in [1.82, 2.24) is 10.2 Å². The first-order chi connectivity index (χ1) is 12.9. The monoisotopic (exact) mass is 370 g/mol. The smallest absolute Gasteiger partial charge is 0.325 e. The third kappa shape index (κ3) is 5.00. The van der Waals surface area contributed by atoms with E-state index in [9.17, 15) is 9.59 Å². The van der Waals surface area contributed by atoms with Crippen molar-refractivity contribution in [2.75, 3.05) is 13.7 Å². The number of urea groups is 1. The molecule has 144 valence electrons. The Morgan fingerprint density at radius 3 is 2.70 bits per heavy atom. The van der Waals surface area contributed by atoms with Crippen LogP contribution < -0.4 is 14.8 Å². The summed E-state index contributed by atoms with van der Waals surface area (Å²) >= 11 is 0. The minimum atomic E-state index is -0.467. The highest BCUT2D eigenvalue weighted by Gasteiger charge is 2.38. The van der Waals surface area contributed by atoms with Gasteiger partial charge in [0.25, 0.3) is 5.91 Å². The van der Waals surface area contributed by atoms with Crippen molar-refractivity contribution < 1.29 is 19.1 Å². The van der Waals surface area contributed by atoms with E-state index in [2.05, 4.69) is 11.9 Å². The summed E-state index contributed by atoms with van der Waals surface area (Å²) in [6.07, 6.45) is 6.72. The molecule has 1 saturated heterocycles. The van der Waals surface area contributed by atoms with Gasteiger partial charge in [-0.2, -0.15) is 0 Å². The average molecular weight is 370 g/mol. The number of nitrogens with one attached hydrogen (secondary N) is 1. The van der Waals surface area contributed by atoms with Crippen LogP contribution in [-0.4, -0.2) is 36.5 Å². The second-order valence-corrected chi connectivity index (χ2v) is 6.56. The third-order valence-corrected chi connectivity index (χ3v) is 4.19. The maximum atomic E-state index is 12.3. The van der Waals surface area contributed by atoms with E-state index in [4.69, 9.17) is 9.47 Å². The number of allylic oxidation sites excluding steroid dienone is 3. The molecule has 0 spiro atoms. The number of methoxy groups -OCH3 is 1. The lowest BCUT2D eigenvalue weighted by Crippen LogP contribution is -2.34. The molecule has 0 radical (unpaired) electrons. The zero-order valence-corrected chi connectivity index (χ0v) is 16.2. The predicted octanol–water partition coefficient (Wildman–Crippen LogP) is 3.58. The topological polar surface area (TPSA) is 67.9 Å². The van der Waals surface area contributed by atoms with E-state index in [1.807, 2.05) is 32.9 Å². The molecule has 1 aliphatic rings. The Morgan fingerprint density at radius 2 is 2.11 bits per heavy atom. The van der Waals surface area contributed by atoms with Gasteiger partial charge in [0.05, 0.1) is 7.11 Å². The minimum absolute atomic E-state index is 0.0477. The third-order valence-electron chi connectivity index (χ3n) is 4.19. The molecule has 0 bridgehead atoms. The molecule has 0 aromatic heterocycles. The van der Waals surface area contributed by atoms with Crippen molar-refractivity contribution >= 4 is 11.9 Å². The van der Waals surface area contributed by atoms with Crippen LogP contribution in [0.4, 0.5) is 4.79 Å². The summed E-state index contributed by atoms with van der Waals surface area (Å²) in [6.45, 7) is 9.60. The van der Waals surface area contributed by atoms with E-state index in [-0.39, 0.29) is 24.4 Å². The van der Waals surface area contributed by atoms with Crippen molar-refractivity contribution in [3.05, 3.63) is 60.4 Å². The van der Waals surface area contributed by atoms with E-state index < -0.39 is 6.04 Å². The predicted molar refractivity (Wildman–Crippen MR) is 105 cm³/mol. The van der Waals surface area contributed by atoms with Crippen LogP contribution in [0.25, 0.3) is 0 Å². The van der Waals surface area contributed by atoms with Gasteiger partial charge >= 0.3 is 6.03 Å². The van der Waals surface area contributed by atoms with Crippen molar-refractivity contribution in [3.63, 3.8) is 0 Å². The van der Waals surface area contributed by atoms with Crippen molar-refractivity contribution in [1.29, 1.82) is 0 Å². The van der Waals surface area contributed by atoms with Crippen LogP contribution in [-0.2, 0) is 4.79 Å². The molecule has 1 aromatic carbocycles. The van der Waals surface area contributed by atoms with Gasteiger partial charge in [0, 0.05) is 12.6 Å². The van der Waals surface area contributed by atoms with Gasteiger partial charge in [-0.05, 0) is 36.6 Å². The number of ether oxygens (including phenoxy) is 2. The summed E-state index contributed by atoms with van der Waals surface area (Å²) < 4.78 is 11.2. The first-order valence-corrected chi connectivity index (χ1v) is 8.81.